The molecule has 3 aromatic rings. The van der Waals surface area contributed by atoms with Gasteiger partial charge in [0, 0.05) is 0 Å². The van der Waals surface area contributed by atoms with E-state index in [9.17, 15) is 0 Å². The van der Waals surface area contributed by atoms with E-state index in [-0.39, 0.29) is 0 Å². The summed E-state index contributed by atoms with van der Waals surface area (Å²) in [4.78, 5) is 0. The maximum atomic E-state index is 2.40. The quantitative estimate of drug-likeness (QED) is 0.569. The number of rotatable bonds is 7. The van der Waals surface area contributed by atoms with Crippen molar-refractivity contribution in [2.45, 2.75) is 39.3 Å². The molecule has 0 N–H and O–H groups in total. The molecule has 23 heavy (non-hydrogen) atoms. The fourth-order valence-corrected chi connectivity index (χ4v) is 3.09. The lowest BCUT2D eigenvalue weighted by atomic mass is 10.1. The molecular formula is C21H25N2+. The summed E-state index contributed by atoms with van der Waals surface area (Å²) in [6.45, 7) is 4.35. The van der Waals surface area contributed by atoms with E-state index in [0.29, 0.717) is 0 Å². The number of hydrogen-bond acceptors (Lipinski definition) is 0. The third-order valence-corrected chi connectivity index (χ3v) is 4.17. The molecule has 0 saturated carbocycles. The van der Waals surface area contributed by atoms with E-state index < -0.39 is 0 Å². The fourth-order valence-electron chi connectivity index (χ4n) is 3.09. The summed E-state index contributed by atoms with van der Waals surface area (Å²) >= 11 is 0. The van der Waals surface area contributed by atoms with Crippen LogP contribution in [0.1, 0.15) is 25.3 Å². The highest BCUT2D eigenvalue weighted by Gasteiger charge is 2.18. The highest BCUT2D eigenvalue weighted by molar-refractivity contribution is 5.52. The van der Waals surface area contributed by atoms with Crippen molar-refractivity contribution < 1.29 is 4.57 Å². The van der Waals surface area contributed by atoms with Crippen molar-refractivity contribution in [3.63, 3.8) is 0 Å². The van der Waals surface area contributed by atoms with Crippen LogP contribution in [0, 0.1) is 0 Å². The summed E-state index contributed by atoms with van der Waals surface area (Å²) in [6, 6.07) is 21.5. The van der Waals surface area contributed by atoms with Gasteiger partial charge in [-0.05, 0) is 37.0 Å². The normalized spacial score (nSPS) is 10.8. The third kappa shape index (κ3) is 3.89. The first-order valence-electron chi connectivity index (χ1n) is 8.56. The lowest BCUT2D eigenvalue weighted by molar-refractivity contribution is -0.685. The number of benzene rings is 2. The van der Waals surface area contributed by atoms with E-state index >= 15 is 0 Å². The smallest absolute Gasteiger partial charge is 0.230 e. The van der Waals surface area contributed by atoms with Crippen molar-refractivity contribution in [3.05, 3.63) is 78.6 Å². The van der Waals surface area contributed by atoms with E-state index in [0.717, 1.165) is 32.4 Å². The first-order chi connectivity index (χ1) is 11.4. The Labute approximate surface area is 139 Å². The largest absolute Gasteiger partial charge is 0.288 e. The Bertz CT molecular complexity index is 714. The van der Waals surface area contributed by atoms with Gasteiger partial charge in [-0.15, -0.1) is 0 Å². The molecule has 0 aliphatic carbocycles. The second-order valence-corrected chi connectivity index (χ2v) is 5.96. The monoisotopic (exact) mass is 305 g/mol. The Kier molecular flexibility index (Phi) is 5.25. The molecule has 1 aromatic heterocycles. The zero-order valence-corrected chi connectivity index (χ0v) is 13.9. The number of imidazole rings is 1. The summed E-state index contributed by atoms with van der Waals surface area (Å²) in [6.07, 6.45) is 7.88. The predicted octanol–water partition coefficient (Wildman–Crippen LogP) is 4.49. The topological polar surface area (TPSA) is 8.81 Å². The van der Waals surface area contributed by atoms with Gasteiger partial charge in [-0.3, -0.25) is 0 Å². The van der Waals surface area contributed by atoms with Gasteiger partial charge in [0.2, 0.25) is 0 Å². The molecule has 0 amide bonds. The van der Waals surface area contributed by atoms with Crippen LogP contribution in [0.4, 0.5) is 0 Å². The molecule has 0 aliphatic heterocycles. The van der Waals surface area contributed by atoms with Gasteiger partial charge in [-0.25, -0.2) is 9.13 Å². The first kappa shape index (κ1) is 15.5. The van der Waals surface area contributed by atoms with Gasteiger partial charge in [0.05, 0.1) is 18.7 Å². The van der Waals surface area contributed by atoms with Crippen molar-refractivity contribution in [1.82, 2.24) is 4.57 Å². The van der Waals surface area contributed by atoms with E-state index in [1.54, 1.807) is 0 Å². The van der Waals surface area contributed by atoms with E-state index in [2.05, 4.69) is 89.1 Å². The second kappa shape index (κ2) is 7.77. The molecule has 0 fully saturated rings. The van der Waals surface area contributed by atoms with Crippen molar-refractivity contribution in [1.29, 1.82) is 0 Å². The third-order valence-electron chi connectivity index (χ3n) is 4.17. The minimum Gasteiger partial charge on any atom is -0.230 e. The molecule has 0 atom stereocenters. The molecule has 0 unspecified atom stereocenters. The summed E-state index contributed by atoms with van der Waals surface area (Å²) < 4.78 is 4.77. The van der Waals surface area contributed by atoms with Crippen molar-refractivity contribution in [3.8, 4) is 11.4 Å². The Morgan fingerprint density at radius 2 is 1.61 bits per heavy atom. The lowest BCUT2D eigenvalue weighted by Gasteiger charge is -2.05. The molecule has 118 valence electrons. The van der Waals surface area contributed by atoms with E-state index in [1.807, 2.05) is 0 Å². The summed E-state index contributed by atoms with van der Waals surface area (Å²) in [5, 5.41) is 0. The van der Waals surface area contributed by atoms with Crippen LogP contribution < -0.4 is 4.57 Å². The first-order valence-corrected chi connectivity index (χ1v) is 8.56. The zero-order chi connectivity index (χ0) is 15.9. The fraction of sp³-hybridized carbons (Fsp3) is 0.286. The highest BCUT2D eigenvalue weighted by Crippen LogP contribution is 2.17. The number of aromatic nitrogens is 2. The van der Waals surface area contributed by atoms with Gasteiger partial charge in [0.1, 0.15) is 12.4 Å². The standard InChI is InChI=1S/C21H25N2/c1-2-15-22-17-18-23(21(22)20-13-7-4-8-14-20)16-9-12-19-10-5-3-6-11-19/h3-8,10-11,13-14,17-18H,2,9,12,15-16H2,1H3/q+1. The predicted molar refractivity (Wildman–Crippen MR) is 95.1 cm³/mol. The van der Waals surface area contributed by atoms with Crippen LogP contribution in [0.25, 0.3) is 11.4 Å². The Morgan fingerprint density at radius 3 is 2.30 bits per heavy atom. The van der Waals surface area contributed by atoms with E-state index in [1.165, 1.54) is 17.0 Å². The van der Waals surface area contributed by atoms with Crippen LogP contribution in [0.15, 0.2) is 73.1 Å². The Hall–Kier alpha value is -2.35. The molecule has 1 heterocycles. The average Bonchev–Trinajstić information content (AvgIpc) is 3.00. The molecular weight excluding hydrogens is 280 g/mol. The lowest BCUT2D eigenvalue weighted by Crippen LogP contribution is -2.34. The van der Waals surface area contributed by atoms with Gasteiger partial charge in [0.25, 0.3) is 5.82 Å². The minimum absolute atomic E-state index is 1.05. The van der Waals surface area contributed by atoms with Crippen LogP contribution in [-0.2, 0) is 19.5 Å². The molecule has 2 aromatic carbocycles. The van der Waals surface area contributed by atoms with Crippen LogP contribution in [-0.4, -0.2) is 4.57 Å². The molecule has 0 radical (unpaired) electrons. The molecule has 0 aliphatic rings. The summed E-state index contributed by atoms with van der Waals surface area (Å²) in [5.74, 6) is 1.32. The van der Waals surface area contributed by atoms with Gasteiger partial charge >= 0.3 is 0 Å². The minimum atomic E-state index is 1.05. The molecule has 2 heteroatoms. The number of aryl methyl sites for hydroxylation is 3. The summed E-state index contributed by atoms with van der Waals surface area (Å²) in [5.41, 5.74) is 2.72. The van der Waals surface area contributed by atoms with Crippen LogP contribution in [0.3, 0.4) is 0 Å². The van der Waals surface area contributed by atoms with Crippen LogP contribution in [0.5, 0.6) is 0 Å². The van der Waals surface area contributed by atoms with Crippen molar-refractivity contribution in [2.75, 3.05) is 0 Å². The van der Waals surface area contributed by atoms with Crippen molar-refractivity contribution in [2.24, 2.45) is 0 Å². The van der Waals surface area contributed by atoms with Crippen LogP contribution in [0.2, 0.25) is 0 Å². The number of hydrogen-bond donors (Lipinski definition) is 0. The second-order valence-electron chi connectivity index (χ2n) is 5.96. The Morgan fingerprint density at radius 1 is 0.913 bits per heavy atom. The SMILES string of the molecule is CCC[n+]1ccn(CCCc2ccccc2)c1-c1ccccc1. The maximum absolute atomic E-state index is 2.40. The van der Waals surface area contributed by atoms with Crippen LogP contribution >= 0.6 is 0 Å². The number of nitrogens with zero attached hydrogens (tertiary/aromatic N) is 2. The highest BCUT2D eigenvalue weighted by atomic mass is 15.1. The van der Waals surface area contributed by atoms with Crippen molar-refractivity contribution >= 4 is 0 Å². The molecule has 0 bridgehead atoms. The molecule has 2 nitrogen and oxygen atoms in total. The Balaban J connectivity index is 1.76. The van der Waals surface area contributed by atoms with Gasteiger partial charge in [-0.2, -0.15) is 0 Å². The zero-order valence-electron chi connectivity index (χ0n) is 13.9. The molecule has 0 saturated heterocycles. The van der Waals surface area contributed by atoms with Gasteiger partial charge in [-0.1, -0.05) is 55.5 Å². The maximum Gasteiger partial charge on any atom is 0.288 e. The van der Waals surface area contributed by atoms with E-state index in [4.69, 9.17) is 0 Å². The molecule has 0 spiro atoms. The molecule has 3 rings (SSSR count). The summed E-state index contributed by atoms with van der Waals surface area (Å²) in [7, 11) is 0. The average molecular weight is 305 g/mol. The van der Waals surface area contributed by atoms with Gasteiger partial charge < -0.3 is 0 Å². The van der Waals surface area contributed by atoms with Gasteiger partial charge in [0.15, 0.2) is 0 Å².